The molecule has 164 valence electrons. The van der Waals surface area contributed by atoms with E-state index in [0.717, 1.165) is 42.3 Å². The molecule has 0 saturated carbocycles. The number of aryl methyl sites for hydroxylation is 1. The number of rotatable bonds is 5. The van der Waals surface area contributed by atoms with E-state index in [9.17, 15) is 17.6 Å². The van der Waals surface area contributed by atoms with Gasteiger partial charge >= 0.3 is 6.18 Å². The van der Waals surface area contributed by atoms with Crippen LogP contribution in [-0.4, -0.2) is 0 Å². The molecule has 0 bridgehead atoms. The number of fused-ring (bicyclic) bond motifs is 1. The average Bonchev–Trinajstić information content (AvgIpc) is 2.77. The summed E-state index contributed by atoms with van der Waals surface area (Å²) < 4.78 is 68.3. The monoisotopic (exact) mass is 440 g/mol. The zero-order valence-electron chi connectivity index (χ0n) is 17.4. The van der Waals surface area contributed by atoms with Gasteiger partial charge < -0.3 is 0 Å². The van der Waals surface area contributed by atoms with Crippen LogP contribution in [-0.2, 0) is 12.6 Å². The van der Waals surface area contributed by atoms with Gasteiger partial charge in [-0.05, 0) is 53.1 Å². The molecule has 0 aliphatic rings. The molecule has 0 heterocycles. The van der Waals surface area contributed by atoms with Crippen LogP contribution in [0.15, 0.2) is 72.8 Å². The normalized spacial score (nSPS) is 11.8. The second-order valence-corrected chi connectivity index (χ2v) is 7.86. The summed E-state index contributed by atoms with van der Waals surface area (Å²) in [6, 6.07) is 17.7. The topological polar surface area (TPSA) is 0 Å². The first kappa shape index (κ1) is 22.0. The largest absolute Gasteiger partial charge is 0.416 e. The Hall–Kier alpha value is -3.21. The lowest BCUT2D eigenvalue weighted by Gasteiger charge is -2.11. The molecule has 0 fully saturated rings. The predicted octanol–water partition coefficient (Wildman–Crippen LogP) is 8.81. The fourth-order valence-corrected chi connectivity index (χ4v) is 3.86. The quantitative estimate of drug-likeness (QED) is 0.272. The van der Waals surface area contributed by atoms with Crippen LogP contribution < -0.4 is 0 Å². The molecular formula is C27H21F5. The van der Waals surface area contributed by atoms with E-state index in [-0.39, 0.29) is 11.1 Å². The molecule has 0 spiro atoms. The van der Waals surface area contributed by atoms with E-state index in [0.29, 0.717) is 16.5 Å². The molecule has 0 nitrogen and oxygen atoms in total. The van der Waals surface area contributed by atoms with E-state index < -0.39 is 23.4 Å². The first-order chi connectivity index (χ1) is 15.3. The second-order valence-electron chi connectivity index (χ2n) is 7.86. The predicted molar refractivity (Wildman–Crippen MR) is 118 cm³/mol. The maximum absolute atomic E-state index is 15.2. The highest BCUT2D eigenvalue weighted by atomic mass is 19.4. The molecule has 0 saturated heterocycles. The van der Waals surface area contributed by atoms with Crippen molar-refractivity contribution in [1.29, 1.82) is 0 Å². The van der Waals surface area contributed by atoms with E-state index >= 15 is 4.39 Å². The van der Waals surface area contributed by atoms with Gasteiger partial charge in [-0.2, -0.15) is 13.2 Å². The number of benzene rings is 4. The maximum atomic E-state index is 15.2. The summed E-state index contributed by atoms with van der Waals surface area (Å²) in [4.78, 5) is 0. The van der Waals surface area contributed by atoms with Gasteiger partial charge in [0.1, 0.15) is 11.6 Å². The molecule has 0 aliphatic heterocycles. The molecule has 0 atom stereocenters. The maximum Gasteiger partial charge on any atom is 0.416 e. The highest BCUT2D eigenvalue weighted by Crippen LogP contribution is 2.34. The Labute approximate surface area is 183 Å². The van der Waals surface area contributed by atoms with Crippen LogP contribution in [0.4, 0.5) is 22.0 Å². The van der Waals surface area contributed by atoms with Gasteiger partial charge in [0.05, 0.1) is 5.56 Å². The van der Waals surface area contributed by atoms with Gasteiger partial charge in [-0.1, -0.05) is 67.9 Å². The summed E-state index contributed by atoms with van der Waals surface area (Å²) in [6.45, 7) is 2.12. The molecule has 4 aromatic rings. The standard InChI is InChI=1S/C27H21F5/c1-2-3-4-17-5-12-23-19(15-17)9-14-24(26(23)29)20-8-13-22(25(28)16-20)18-6-10-21(11-7-18)27(30,31)32/h5-16H,2-4H2,1H3. The van der Waals surface area contributed by atoms with Crippen molar-refractivity contribution in [2.24, 2.45) is 0 Å². The van der Waals surface area contributed by atoms with Crippen LogP contribution in [0.2, 0.25) is 0 Å². The Morgan fingerprint density at radius 3 is 2.06 bits per heavy atom. The fraction of sp³-hybridized carbons (Fsp3) is 0.185. The molecule has 0 aromatic heterocycles. The van der Waals surface area contributed by atoms with Crippen molar-refractivity contribution >= 4 is 10.8 Å². The molecule has 4 rings (SSSR count). The molecule has 5 heteroatoms. The van der Waals surface area contributed by atoms with Crippen LogP contribution in [0.25, 0.3) is 33.0 Å². The van der Waals surface area contributed by atoms with Crippen molar-refractivity contribution in [3.8, 4) is 22.3 Å². The van der Waals surface area contributed by atoms with Crippen LogP contribution in [0, 0.1) is 11.6 Å². The third-order valence-electron chi connectivity index (χ3n) is 5.64. The molecule has 0 N–H and O–H groups in total. The van der Waals surface area contributed by atoms with Crippen molar-refractivity contribution in [3.05, 3.63) is 95.6 Å². The first-order valence-electron chi connectivity index (χ1n) is 10.5. The third kappa shape index (κ3) is 4.38. The lowest BCUT2D eigenvalue weighted by atomic mass is 9.95. The van der Waals surface area contributed by atoms with Gasteiger partial charge in [-0.15, -0.1) is 0 Å². The van der Waals surface area contributed by atoms with Crippen LogP contribution in [0.1, 0.15) is 30.9 Å². The number of hydrogen-bond acceptors (Lipinski definition) is 0. The van der Waals surface area contributed by atoms with Crippen LogP contribution >= 0.6 is 0 Å². The summed E-state index contributed by atoms with van der Waals surface area (Å²) in [5.74, 6) is -1.05. The zero-order valence-corrected chi connectivity index (χ0v) is 17.4. The van der Waals surface area contributed by atoms with E-state index in [1.807, 2.05) is 18.2 Å². The van der Waals surface area contributed by atoms with E-state index in [2.05, 4.69) is 6.92 Å². The van der Waals surface area contributed by atoms with E-state index in [4.69, 9.17) is 0 Å². The van der Waals surface area contributed by atoms with Crippen molar-refractivity contribution in [2.45, 2.75) is 32.4 Å². The first-order valence-corrected chi connectivity index (χ1v) is 10.5. The number of unbranched alkanes of at least 4 members (excludes halogenated alkanes) is 1. The number of halogens is 5. The van der Waals surface area contributed by atoms with Crippen molar-refractivity contribution in [3.63, 3.8) is 0 Å². The average molecular weight is 440 g/mol. The highest BCUT2D eigenvalue weighted by molar-refractivity contribution is 5.89. The lowest BCUT2D eigenvalue weighted by molar-refractivity contribution is -0.137. The lowest BCUT2D eigenvalue weighted by Crippen LogP contribution is -2.04. The molecular weight excluding hydrogens is 419 g/mol. The molecule has 0 radical (unpaired) electrons. The van der Waals surface area contributed by atoms with Crippen molar-refractivity contribution < 1.29 is 22.0 Å². The Bertz CT molecular complexity index is 1250. The minimum Gasteiger partial charge on any atom is -0.206 e. The van der Waals surface area contributed by atoms with Gasteiger partial charge in [0.2, 0.25) is 0 Å². The molecule has 32 heavy (non-hydrogen) atoms. The van der Waals surface area contributed by atoms with Crippen molar-refractivity contribution in [1.82, 2.24) is 0 Å². The Balaban J connectivity index is 1.67. The number of alkyl halides is 3. The van der Waals surface area contributed by atoms with E-state index in [1.165, 1.54) is 24.3 Å². The summed E-state index contributed by atoms with van der Waals surface area (Å²) in [6.07, 6.45) is -1.37. The minimum absolute atomic E-state index is 0.157. The molecule has 4 aromatic carbocycles. The van der Waals surface area contributed by atoms with Gasteiger partial charge in [0, 0.05) is 16.5 Å². The zero-order chi connectivity index (χ0) is 22.9. The molecule has 0 unspecified atom stereocenters. The minimum atomic E-state index is -4.45. The Kier molecular flexibility index (Phi) is 6.00. The Morgan fingerprint density at radius 2 is 1.41 bits per heavy atom. The highest BCUT2D eigenvalue weighted by Gasteiger charge is 2.30. The summed E-state index contributed by atoms with van der Waals surface area (Å²) in [5.41, 5.74) is 1.47. The summed E-state index contributed by atoms with van der Waals surface area (Å²) in [7, 11) is 0. The van der Waals surface area contributed by atoms with E-state index in [1.54, 1.807) is 18.2 Å². The van der Waals surface area contributed by atoms with Crippen molar-refractivity contribution in [2.75, 3.05) is 0 Å². The SMILES string of the molecule is CCCCc1ccc2c(F)c(-c3ccc(-c4ccc(C(F)(F)F)cc4)c(F)c3)ccc2c1. The number of hydrogen-bond donors (Lipinski definition) is 0. The third-order valence-corrected chi connectivity index (χ3v) is 5.64. The summed E-state index contributed by atoms with van der Waals surface area (Å²) in [5, 5.41) is 1.26. The van der Waals surface area contributed by atoms with Gasteiger partial charge in [0.25, 0.3) is 0 Å². The van der Waals surface area contributed by atoms with Crippen LogP contribution in [0.3, 0.4) is 0 Å². The van der Waals surface area contributed by atoms with Crippen LogP contribution in [0.5, 0.6) is 0 Å². The molecule has 0 amide bonds. The second kappa shape index (κ2) is 8.73. The summed E-state index contributed by atoms with van der Waals surface area (Å²) >= 11 is 0. The fourth-order valence-electron chi connectivity index (χ4n) is 3.86. The van der Waals surface area contributed by atoms with Gasteiger partial charge in [-0.3, -0.25) is 0 Å². The smallest absolute Gasteiger partial charge is 0.206 e. The Morgan fingerprint density at radius 1 is 0.719 bits per heavy atom. The van der Waals surface area contributed by atoms with Gasteiger partial charge in [0.15, 0.2) is 0 Å². The van der Waals surface area contributed by atoms with Gasteiger partial charge in [-0.25, -0.2) is 8.78 Å². The molecule has 0 aliphatic carbocycles.